The molecule has 4 rings (SSSR count). The van der Waals surface area contributed by atoms with Crippen LogP contribution >= 0.6 is 11.6 Å². The fourth-order valence-electron chi connectivity index (χ4n) is 3.48. The van der Waals surface area contributed by atoms with Crippen molar-refractivity contribution in [1.82, 2.24) is 24.9 Å². The van der Waals surface area contributed by atoms with Crippen molar-refractivity contribution >= 4 is 28.8 Å². The van der Waals surface area contributed by atoms with Gasteiger partial charge in [0.05, 0.1) is 16.8 Å². The predicted octanol–water partition coefficient (Wildman–Crippen LogP) is 4.55. The summed E-state index contributed by atoms with van der Waals surface area (Å²) >= 11 is 5.85. The summed E-state index contributed by atoms with van der Waals surface area (Å²) in [6, 6.07) is 9.18. The van der Waals surface area contributed by atoms with Gasteiger partial charge in [0, 0.05) is 23.3 Å². The Labute approximate surface area is 195 Å². The topological polar surface area (TPSA) is 98.2 Å². The number of hydrogen-bond acceptors (Lipinski definition) is 5. The van der Waals surface area contributed by atoms with Gasteiger partial charge in [-0.05, 0) is 42.7 Å². The number of halogens is 5. The Morgan fingerprint density at radius 2 is 1.88 bits per heavy atom. The predicted molar refractivity (Wildman–Crippen MR) is 118 cm³/mol. The molecule has 0 fully saturated rings. The second-order valence-corrected chi connectivity index (χ2v) is 7.83. The van der Waals surface area contributed by atoms with Crippen LogP contribution < -0.4 is 11.1 Å². The number of carbonyl (C=O) groups is 1. The van der Waals surface area contributed by atoms with E-state index in [1.807, 2.05) is 12.1 Å². The number of nitrogen functional groups attached to an aromatic ring is 1. The molecule has 3 N–H and O–H groups in total. The highest BCUT2D eigenvalue weighted by atomic mass is 35.5. The molecule has 0 atom stereocenters. The molecule has 1 amide bonds. The van der Waals surface area contributed by atoms with Gasteiger partial charge in [0.1, 0.15) is 11.8 Å². The van der Waals surface area contributed by atoms with Crippen LogP contribution in [0.3, 0.4) is 0 Å². The standard InChI is InChI=1S/C22H17ClF4N6O/c23-14-5-3-12(4-6-14)2-1-7-29-21(34)15-8-13(10-30-19(15)24)17-9-16(22(25,26)27)18-20(28)31-11-32-33(17)18/h3-6,8-11H,1-2,7H2,(H,29,34)(H2,28,31,32). The fourth-order valence-corrected chi connectivity index (χ4v) is 3.60. The van der Waals surface area contributed by atoms with E-state index in [4.69, 9.17) is 17.3 Å². The van der Waals surface area contributed by atoms with Gasteiger partial charge in [-0.15, -0.1) is 0 Å². The van der Waals surface area contributed by atoms with Crippen molar-refractivity contribution in [2.24, 2.45) is 0 Å². The van der Waals surface area contributed by atoms with Gasteiger partial charge in [0.15, 0.2) is 5.82 Å². The summed E-state index contributed by atoms with van der Waals surface area (Å²) in [4.78, 5) is 19.7. The molecule has 3 aromatic heterocycles. The number of fused-ring (bicyclic) bond motifs is 1. The molecule has 0 aliphatic rings. The molecule has 0 saturated heterocycles. The summed E-state index contributed by atoms with van der Waals surface area (Å²) in [6.07, 6.45) is -1.48. The number of aromatic nitrogens is 4. The van der Waals surface area contributed by atoms with Gasteiger partial charge in [-0.2, -0.15) is 22.7 Å². The van der Waals surface area contributed by atoms with Crippen LogP contribution in [0.4, 0.5) is 23.4 Å². The van der Waals surface area contributed by atoms with Gasteiger partial charge < -0.3 is 11.1 Å². The summed E-state index contributed by atoms with van der Waals surface area (Å²) in [7, 11) is 0. The van der Waals surface area contributed by atoms with E-state index in [0.717, 1.165) is 34.7 Å². The third kappa shape index (κ3) is 4.79. The number of hydrogen-bond donors (Lipinski definition) is 2. The number of benzene rings is 1. The van der Waals surface area contributed by atoms with Crippen LogP contribution in [-0.2, 0) is 12.6 Å². The summed E-state index contributed by atoms with van der Waals surface area (Å²) in [6.45, 7) is 0.251. The normalized spacial score (nSPS) is 11.7. The Morgan fingerprint density at radius 3 is 2.59 bits per heavy atom. The molecule has 0 saturated carbocycles. The maximum absolute atomic E-state index is 14.3. The van der Waals surface area contributed by atoms with E-state index in [1.54, 1.807) is 12.1 Å². The van der Waals surface area contributed by atoms with Crippen molar-refractivity contribution in [3.05, 3.63) is 76.6 Å². The van der Waals surface area contributed by atoms with Gasteiger partial charge in [0.25, 0.3) is 5.91 Å². The van der Waals surface area contributed by atoms with Crippen LogP contribution in [0.5, 0.6) is 0 Å². The van der Waals surface area contributed by atoms with Crippen LogP contribution in [0.25, 0.3) is 16.8 Å². The number of nitrogens with two attached hydrogens (primary N) is 1. The van der Waals surface area contributed by atoms with E-state index in [2.05, 4.69) is 20.4 Å². The zero-order valence-electron chi connectivity index (χ0n) is 17.4. The Kier molecular flexibility index (Phi) is 6.38. The quantitative estimate of drug-likeness (QED) is 0.234. The highest BCUT2D eigenvalue weighted by molar-refractivity contribution is 6.30. The van der Waals surface area contributed by atoms with Gasteiger partial charge in [0.2, 0.25) is 5.95 Å². The van der Waals surface area contributed by atoms with Crippen LogP contribution in [0.15, 0.2) is 48.9 Å². The summed E-state index contributed by atoms with van der Waals surface area (Å²) in [5.41, 5.74) is 4.75. The summed E-state index contributed by atoms with van der Waals surface area (Å²) in [5, 5.41) is 7.06. The minimum Gasteiger partial charge on any atom is -0.382 e. The molecule has 7 nitrogen and oxygen atoms in total. The van der Waals surface area contributed by atoms with Crippen LogP contribution in [0, 0.1) is 5.95 Å². The number of nitrogens with one attached hydrogen (secondary N) is 1. The van der Waals surface area contributed by atoms with E-state index >= 15 is 0 Å². The minimum absolute atomic E-state index is 0.0521. The Morgan fingerprint density at radius 1 is 1.15 bits per heavy atom. The number of alkyl halides is 3. The summed E-state index contributed by atoms with van der Waals surface area (Å²) in [5.74, 6) is -2.17. The minimum atomic E-state index is -4.74. The number of aryl methyl sites for hydroxylation is 1. The smallest absolute Gasteiger partial charge is 0.382 e. The lowest BCUT2D eigenvalue weighted by molar-refractivity contribution is -0.136. The molecule has 3 heterocycles. The monoisotopic (exact) mass is 492 g/mol. The van der Waals surface area contributed by atoms with Crippen molar-refractivity contribution in [2.45, 2.75) is 19.0 Å². The van der Waals surface area contributed by atoms with Crippen LogP contribution in [-0.4, -0.2) is 32.0 Å². The molecular formula is C22H17ClF4N6O. The molecule has 0 aliphatic carbocycles. The average Bonchev–Trinajstić information content (AvgIpc) is 3.20. The lowest BCUT2D eigenvalue weighted by Gasteiger charge is -2.08. The van der Waals surface area contributed by atoms with E-state index in [0.29, 0.717) is 17.9 Å². The first-order valence-corrected chi connectivity index (χ1v) is 10.4. The molecule has 4 aromatic rings. The van der Waals surface area contributed by atoms with E-state index < -0.39 is 34.7 Å². The Balaban J connectivity index is 1.56. The molecule has 176 valence electrons. The largest absolute Gasteiger partial charge is 0.418 e. The van der Waals surface area contributed by atoms with Crippen molar-refractivity contribution in [3.63, 3.8) is 0 Å². The maximum atomic E-state index is 14.3. The number of nitrogens with zero attached hydrogens (tertiary/aromatic N) is 4. The first-order chi connectivity index (χ1) is 16.1. The van der Waals surface area contributed by atoms with E-state index in [9.17, 15) is 22.4 Å². The Bertz CT molecular complexity index is 1350. The Hall–Kier alpha value is -3.73. The lowest BCUT2D eigenvalue weighted by atomic mass is 10.1. The molecule has 1 aromatic carbocycles. The highest BCUT2D eigenvalue weighted by Gasteiger charge is 2.36. The lowest BCUT2D eigenvalue weighted by Crippen LogP contribution is -2.26. The molecule has 34 heavy (non-hydrogen) atoms. The van der Waals surface area contributed by atoms with Crippen LogP contribution in [0.2, 0.25) is 5.02 Å². The number of carbonyl (C=O) groups excluding carboxylic acids is 1. The molecule has 0 radical (unpaired) electrons. The van der Waals surface area contributed by atoms with Crippen LogP contribution in [0.1, 0.15) is 27.9 Å². The number of anilines is 1. The zero-order chi connectivity index (χ0) is 24.5. The molecule has 0 spiro atoms. The molecule has 0 unspecified atom stereocenters. The van der Waals surface area contributed by atoms with E-state index in [-0.39, 0.29) is 23.6 Å². The molecule has 0 bridgehead atoms. The SMILES string of the molecule is Nc1ncnn2c(-c3cnc(F)c(C(=O)NCCCc4ccc(Cl)cc4)c3)cc(C(F)(F)F)c12. The average molecular weight is 493 g/mol. The van der Waals surface area contributed by atoms with Crippen molar-refractivity contribution < 1.29 is 22.4 Å². The van der Waals surface area contributed by atoms with Gasteiger partial charge in [-0.25, -0.2) is 14.5 Å². The first kappa shape index (κ1) is 23.4. The molecule has 12 heteroatoms. The third-order valence-electron chi connectivity index (χ3n) is 5.11. The molecular weight excluding hydrogens is 476 g/mol. The second-order valence-electron chi connectivity index (χ2n) is 7.39. The van der Waals surface area contributed by atoms with Crippen molar-refractivity contribution in [3.8, 4) is 11.3 Å². The second kappa shape index (κ2) is 9.26. The van der Waals surface area contributed by atoms with Gasteiger partial charge in [-0.1, -0.05) is 23.7 Å². The van der Waals surface area contributed by atoms with Crippen molar-refractivity contribution in [2.75, 3.05) is 12.3 Å². The number of pyridine rings is 1. The van der Waals surface area contributed by atoms with Gasteiger partial charge in [-0.3, -0.25) is 4.79 Å². The number of amides is 1. The number of rotatable bonds is 6. The highest BCUT2D eigenvalue weighted by Crippen LogP contribution is 2.38. The fraction of sp³-hybridized carbons (Fsp3) is 0.182. The molecule has 0 aliphatic heterocycles. The van der Waals surface area contributed by atoms with Gasteiger partial charge >= 0.3 is 6.18 Å². The summed E-state index contributed by atoms with van der Waals surface area (Å²) < 4.78 is 55.9. The maximum Gasteiger partial charge on any atom is 0.418 e. The first-order valence-electron chi connectivity index (χ1n) is 10.0. The zero-order valence-corrected chi connectivity index (χ0v) is 18.2. The van der Waals surface area contributed by atoms with Crippen molar-refractivity contribution in [1.29, 1.82) is 0 Å². The van der Waals surface area contributed by atoms with E-state index in [1.165, 1.54) is 0 Å². The third-order valence-corrected chi connectivity index (χ3v) is 5.36.